The molecule has 22 heteroatoms. The van der Waals surface area contributed by atoms with Crippen LogP contribution in [0.4, 0.5) is 0 Å². The van der Waals surface area contributed by atoms with Crippen molar-refractivity contribution in [1.29, 1.82) is 0 Å². The average molecular weight is 687 g/mol. The van der Waals surface area contributed by atoms with Gasteiger partial charge >= 0.3 is 0 Å². The van der Waals surface area contributed by atoms with Gasteiger partial charge in [-0.3, -0.25) is 0 Å². The molecule has 17 N–H and O–H groups in total. The highest BCUT2D eigenvalue weighted by molar-refractivity contribution is 4.94. The Kier molecular flexibility index (Phi) is 16.8. The normalized spacial score (nSPS) is 44.4. The van der Waals surface area contributed by atoms with Crippen LogP contribution in [0.25, 0.3) is 0 Å². The molecule has 0 aromatic carbocycles. The first-order valence-electron chi connectivity index (χ1n) is 14.1. The first-order chi connectivity index (χ1) is 21.6. The summed E-state index contributed by atoms with van der Waals surface area (Å²) in [6.45, 7) is -3.80. The Morgan fingerprint density at radius 2 is 0.935 bits per heavy atom. The molecule has 3 saturated heterocycles. The minimum Gasteiger partial charge on any atom is -0.394 e. The van der Waals surface area contributed by atoms with Crippen LogP contribution < -0.4 is 0 Å². The van der Waals surface area contributed by atoms with Gasteiger partial charge in [-0.25, -0.2) is 0 Å². The van der Waals surface area contributed by atoms with E-state index in [0.717, 1.165) is 0 Å². The van der Waals surface area contributed by atoms with Crippen molar-refractivity contribution in [2.75, 3.05) is 33.0 Å². The number of rotatable bonds is 12. The van der Waals surface area contributed by atoms with E-state index in [0.29, 0.717) is 0 Å². The predicted octanol–water partition coefficient (Wildman–Crippen LogP) is -11.2. The monoisotopic (exact) mass is 686 g/mol. The number of hydrogen-bond acceptors (Lipinski definition) is 22. The van der Waals surface area contributed by atoms with Crippen LogP contribution in [-0.4, -0.2) is 236 Å². The molecule has 3 fully saturated rings. The minimum atomic E-state index is -1.85. The van der Waals surface area contributed by atoms with Crippen molar-refractivity contribution in [3.8, 4) is 0 Å². The van der Waals surface area contributed by atoms with Crippen LogP contribution in [0.15, 0.2) is 0 Å². The van der Waals surface area contributed by atoms with Gasteiger partial charge in [0, 0.05) is 0 Å². The highest BCUT2D eigenvalue weighted by Gasteiger charge is 2.50. The topological polar surface area (TPSA) is 390 Å². The van der Waals surface area contributed by atoms with Gasteiger partial charge in [-0.1, -0.05) is 0 Å². The Balaban J connectivity index is 0.000000320. The van der Waals surface area contributed by atoms with Crippen molar-refractivity contribution >= 4 is 0 Å². The molecule has 46 heavy (non-hydrogen) atoms. The molecule has 0 radical (unpaired) electrons. The molecule has 274 valence electrons. The summed E-state index contributed by atoms with van der Waals surface area (Å²) in [4.78, 5) is 0. The van der Waals surface area contributed by atoms with Crippen LogP contribution >= 0.6 is 0 Å². The van der Waals surface area contributed by atoms with Gasteiger partial charge in [0.15, 0.2) is 18.9 Å². The van der Waals surface area contributed by atoms with Gasteiger partial charge in [-0.15, -0.1) is 0 Å². The van der Waals surface area contributed by atoms with Gasteiger partial charge < -0.3 is 110 Å². The van der Waals surface area contributed by atoms with Crippen LogP contribution in [-0.2, 0) is 23.7 Å². The summed E-state index contributed by atoms with van der Waals surface area (Å²) >= 11 is 0. The fourth-order valence-electron chi connectivity index (χ4n) is 4.73. The number of aliphatic hydroxyl groups is 17. The molecule has 0 aliphatic carbocycles. The Hall–Kier alpha value is -0.880. The first kappa shape index (κ1) is 41.3. The van der Waals surface area contributed by atoms with E-state index in [9.17, 15) is 66.4 Å². The Bertz CT molecular complexity index is 812. The van der Waals surface area contributed by atoms with Crippen LogP contribution in [0.2, 0.25) is 0 Å². The van der Waals surface area contributed by atoms with Gasteiger partial charge in [0.05, 0.1) is 33.0 Å². The van der Waals surface area contributed by atoms with Crippen LogP contribution in [0, 0.1) is 0 Å². The lowest BCUT2D eigenvalue weighted by atomic mass is 9.97. The van der Waals surface area contributed by atoms with Crippen molar-refractivity contribution in [3.05, 3.63) is 0 Å². The molecule has 0 amide bonds. The molecule has 19 atom stereocenters. The lowest BCUT2D eigenvalue weighted by molar-refractivity contribution is -0.355. The Morgan fingerprint density at radius 3 is 1.39 bits per heavy atom. The molecule has 22 nitrogen and oxygen atoms in total. The lowest BCUT2D eigenvalue weighted by Crippen LogP contribution is -2.64. The maximum absolute atomic E-state index is 9.94. The predicted molar refractivity (Wildman–Crippen MR) is 139 cm³/mol. The lowest BCUT2D eigenvalue weighted by Gasteiger charge is -2.45. The largest absolute Gasteiger partial charge is 0.394 e. The summed E-state index contributed by atoms with van der Waals surface area (Å²) in [7, 11) is 0. The molecule has 0 aromatic heterocycles. The van der Waals surface area contributed by atoms with E-state index in [-0.39, 0.29) is 0 Å². The van der Waals surface area contributed by atoms with Gasteiger partial charge in [-0.2, -0.15) is 0 Å². The summed E-state index contributed by atoms with van der Waals surface area (Å²) in [5, 5.41) is 161. The second-order valence-corrected chi connectivity index (χ2v) is 10.8. The van der Waals surface area contributed by atoms with Crippen LogP contribution in [0.3, 0.4) is 0 Å². The molecular weight excluding hydrogens is 640 g/mol. The maximum atomic E-state index is 9.94. The van der Waals surface area contributed by atoms with Gasteiger partial charge in [0.2, 0.25) is 0 Å². The molecule has 0 spiro atoms. The highest BCUT2D eigenvalue weighted by atomic mass is 16.7. The third kappa shape index (κ3) is 9.63. The molecular formula is C24H46O22. The molecule has 3 heterocycles. The first-order valence-corrected chi connectivity index (χ1v) is 14.1. The fraction of sp³-hybridized carbons (Fsp3) is 1.00. The summed E-state index contributed by atoms with van der Waals surface area (Å²) in [6, 6.07) is 0. The molecule has 3 aliphatic heterocycles. The van der Waals surface area contributed by atoms with Crippen LogP contribution in [0.5, 0.6) is 0 Å². The van der Waals surface area contributed by atoms with Crippen molar-refractivity contribution < 1.29 is 110 Å². The number of aliphatic hydroxyl groups excluding tert-OH is 17. The molecule has 0 aromatic rings. The highest BCUT2D eigenvalue weighted by Crippen LogP contribution is 2.29. The van der Waals surface area contributed by atoms with Crippen molar-refractivity contribution in [2.45, 2.75) is 117 Å². The summed E-state index contributed by atoms with van der Waals surface area (Å²) in [5.74, 6) is 0. The van der Waals surface area contributed by atoms with Gasteiger partial charge in [0.1, 0.15) is 97.7 Å². The summed E-state index contributed by atoms with van der Waals surface area (Å²) < 4.78 is 25.4. The molecule has 0 saturated carbocycles. The van der Waals surface area contributed by atoms with Crippen molar-refractivity contribution in [3.63, 3.8) is 0 Å². The maximum Gasteiger partial charge on any atom is 0.187 e. The zero-order valence-electron chi connectivity index (χ0n) is 24.1. The van der Waals surface area contributed by atoms with Gasteiger partial charge in [0.25, 0.3) is 0 Å². The van der Waals surface area contributed by atoms with E-state index in [1.54, 1.807) is 0 Å². The summed E-state index contributed by atoms with van der Waals surface area (Å²) in [6.07, 6.45) is -30.6. The van der Waals surface area contributed by atoms with E-state index in [1.165, 1.54) is 0 Å². The van der Waals surface area contributed by atoms with E-state index >= 15 is 0 Å². The SMILES string of the molecule is OC[C@@H](O)[C@@H](O[C@H]1O[C@H](CO)[C@@H](O)[C@H](O)[C@H]1O)[C@H](O)[C@@H](O)CO.OC[C@H]1O[C@@H](O[C@H]2[C@H](O)[C@@H](O)[C@H](O)O[C@@H]2CO)[C@H](O)[C@@H](O)[C@H]1O. The second-order valence-electron chi connectivity index (χ2n) is 10.8. The van der Waals surface area contributed by atoms with E-state index < -0.39 is 150 Å². The summed E-state index contributed by atoms with van der Waals surface area (Å²) in [5.41, 5.74) is 0. The smallest absolute Gasteiger partial charge is 0.187 e. The van der Waals surface area contributed by atoms with E-state index in [2.05, 4.69) is 0 Å². The fourth-order valence-corrected chi connectivity index (χ4v) is 4.73. The number of ether oxygens (including phenoxy) is 5. The number of hydrogen-bond donors (Lipinski definition) is 17. The molecule has 0 unspecified atom stereocenters. The molecule has 3 rings (SSSR count). The zero-order chi connectivity index (χ0) is 35.0. The van der Waals surface area contributed by atoms with Crippen molar-refractivity contribution in [2.24, 2.45) is 0 Å². The average Bonchev–Trinajstić information content (AvgIpc) is 3.06. The standard InChI is InChI=1S/C12H22O11.C12H24O11/c13-1-3-5(15)6(16)9(19)12(22-3)23-10-4(2-14)21-11(20)8(18)7(10)17;13-1-4(16)7(18)11(5(17)2-14)23-12-10(21)9(20)8(19)6(3-15)22-12/h3-20H,1-2H2;4-21H,1-3H2/t3-,4-,5+,6+,7-,8-,9-,10-,11-,12+;4-,5+,6+,7+,8+,9-,10+,11+,12+/m10/s1. The molecule has 3 aliphatic rings. The Morgan fingerprint density at radius 1 is 0.478 bits per heavy atom. The molecule has 0 bridgehead atoms. The minimum absolute atomic E-state index is 0.667. The third-order valence-corrected chi connectivity index (χ3v) is 7.60. The van der Waals surface area contributed by atoms with Gasteiger partial charge in [-0.05, 0) is 0 Å². The van der Waals surface area contributed by atoms with E-state index in [1.807, 2.05) is 0 Å². The Labute approximate surface area is 260 Å². The second kappa shape index (κ2) is 18.8. The van der Waals surface area contributed by atoms with Crippen molar-refractivity contribution in [1.82, 2.24) is 0 Å². The zero-order valence-corrected chi connectivity index (χ0v) is 24.1. The van der Waals surface area contributed by atoms with Crippen LogP contribution in [0.1, 0.15) is 0 Å². The quantitative estimate of drug-likeness (QED) is 0.0905. The van der Waals surface area contributed by atoms with E-state index in [4.69, 9.17) is 44.1 Å². The third-order valence-electron chi connectivity index (χ3n) is 7.60.